The number of β-amino-alcohol motifs (C(OH)–C–C–N with tert-alkyl or cyclic N) is 1. The molecular formula is C10H20ClNO. The molecule has 1 fully saturated rings. The van der Waals surface area contributed by atoms with Gasteiger partial charge in [-0.1, -0.05) is 12.8 Å². The van der Waals surface area contributed by atoms with Crippen LogP contribution in [0.25, 0.3) is 0 Å². The lowest BCUT2D eigenvalue weighted by atomic mass is 10.2. The zero-order valence-electron chi connectivity index (χ0n) is 8.21. The highest BCUT2D eigenvalue weighted by atomic mass is 35.5. The Bertz CT molecular complexity index is 132. The van der Waals surface area contributed by atoms with E-state index in [1.54, 1.807) is 0 Å². The molecule has 0 bridgehead atoms. The zero-order chi connectivity index (χ0) is 9.52. The molecule has 0 aromatic carbocycles. The van der Waals surface area contributed by atoms with Gasteiger partial charge in [0, 0.05) is 19.0 Å². The summed E-state index contributed by atoms with van der Waals surface area (Å²) in [6.45, 7) is 3.12. The van der Waals surface area contributed by atoms with Crippen LogP contribution in [-0.2, 0) is 0 Å². The number of aliphatic hydroxyl groups excluding tert-OH is 1. The summed E-state index contributed by atoms with van der Waals surface area (Å²) in [5, 5.41) is 9.28. The van der Waals surface area contributed by atoms with Crippen LogP contribution in [0.3, 0.4) is 0 Å². The highest BCUT2D eigenvalue weighted by Crippen LogP contribution is 2.10. The molecule has 1 unspecified atom stereocenters. The molecule has 0 saturated carbocycles. The Hall–Kier alpha value is 0.210. The maximum atomic E-state index is 9.28. The lowest BCUT2D eigenvalue weighted by molar-refractivity contribution is 0.175. The van der Waals surface area contributed by atoms with Crippen LogP contribution in [-0.4, -0.2) is 41.6 Å². The minimum absolute atomic E-state index is 0.0668. The Labute approximate surface area is 85.9 Å². The van der Waals surface area contributed by atoms with Crippen LogP contribution in [0.1, 0.15) is 32.1 Å². The number of aliphatic hydroxyl groups is 1. The van der Waals surface area contributed by atoms with E-state index in [1.807, 2.05) is 0 Å². The van der Waals surface area contributed by atoms with Gasteiger partial charge >= 0.3 is 0 Å². The van der Waals surface area contributed by atoms with E-state index in [1.165, 1.54) is 19.3 Å². The molecule has 0 spiro atoms. The van der Waals surface area contributed by atoms with Gasteiger partial charge in [-0.2, -0.15) is 0 Å². The van der Waals surface area contributed by atoms with Gasteiger partial charge in [0.2, 0.25) is 0 Å². The molecule has 3 heteroatoms. The lowest BCUT2D eigenvalue weighted by Crippen LogP contribution is -2.23. The third kappa shape index (κ3) is 4.84. The molecule has 0 aromatic rings. The monoisotopic (exact) mass is 205 g/mol. The smallest absolute Gasteiger partial charge is 0.0679 e. The van der Waals surface area contributed by atoms with Gasteiger partial charge in [0.15, 0.2) is 0 Å². The summed E-state index contributed by atoms with van der Waals surface area (Å²) < 4.78 is 0. The molecule has 0 aliphatic carbocycles. The van der Waals surface area contributed by atoms with Crippen molar-refractivity contribution in [2.24, 2.45) is 0 Å². The van der Waals surface area contributed by atoms with Crippen molar-refractivity contribution in [3.05, 3.63) is 0 Å². The Balaban J connectivity index is 1.88. The van der Waals surface area contributed by atoms with E-state index >= 15 is 0 Å². The molecule has 1 N–H and O–H groups in total. The van der Waals surface area contributed by atoms with E-state index in [2.05, 4.69) is 4.90 Å². The highest BCUT2D eigenvalue weighted by molar-refractivity contribution is 6.17. The lowest BCUT2D eigenvalue weighted by Gasteiger charge is -2.13. The number of nitrogens with zero attached hydrogens (tertiary/aromatic N) is 1. The first-order chi connectivity index (χ1) is 6.33. The van der Waals surface area contributed by atoms with Crippen molar-refractivity contribution in [1.29, 1.82) is 0 Å². The second-order valence-corrected chi connectivity index (χ2v) is 4.22. The van der Waals surface area contributed by atoms with Crippen LogP contribution < -0.4 is 0 Å². The average Bonchev–Trinajstić information content (AvgIpc) is 2.51. The van der Waals surface area contributed by atoms with Gasteiger partial charge in [-0.3, -0.25) is 0 Å². The minimum atomic E-state index is -0.0668. The van der Waals surface area contributed by atoms with Crippen molar-refractivity contribution < 1.29 is 5.11 Å². The van der Waals surface area contributed by atoms with Gasteiger partial charge in [0.05, 0.1) is 6.10 Å². The molecule has 0 amide bonds. The van der Waals surface area contributed by atoms with Gasteiger partial charge in [0.25, 0.3) is 0 Å². The second-order valence-electron chi connectivity index (χ2n) is 3.85. The molecule has 1 aliphatic heterocycles. The van der Waals surface area contributed by atoms with Crippen LogP contribution in [0.4, 0.5) is 0 Å². The van der Waals surface area contributed by atoms with Crippen molar-refractivity contribution in [3.8, 4) is 0 Å². The maximum absolute atomic E-state index is 9.28. The van der Waals surface area contributed by atoms with E-state index in [9.17, 15) is 5.11 Å². The fraction of sp³-hybridized carbons (Fsp3) is 1.00. The fourth-order valence-corrected chi connectivity index (χ4v) is 1.99. The van der Waals surface area contributed by atoms with Crippen LogP contribution >= 0.6 is 11.6 Å². The van der Waals surface area contributed by atoms with Gasteiger partial charge < -0.3 is 10.0 Å². The minimum Gasteiger partial charge on any atom is -0.392 e. The molecule has 1 atom stereocenters. The third-order valence-corrected chi connectivity index (χ3v) is 2.87. The normalized spacial score (nSPS) is 24.0. The summed E-state index contributed by atoms with van der Waals surface area (Å²) in [5.74, 6) is 0.794. The second kappa shape index (κ2) is 6.63. The Morgan fingerprint density at radius 2 is 2.00 bits per heavy atom. The summed E-state index contributed by atoms with van der Waals surface area (Å²) in [4.78, 5) is 2.35. The molecule has 0 aromatic heterocycles. The average molecular weight is 206 g/mol. The Kier molecular flexibility index (Phi) is 5.76. The first kappa shape index (κ1) is 11.3. The van der Waals surface area contributed by atoms with Crippen LogP contribution in [0.5, 0.6) is 0 Å². The van der Waals surface area contributed by atoms with E-state index in [0.29, 0.717) is 0 Å². The van der Waals surface area contributed by atoms with Gasteiger partial charge in [-0.05, 0) is 25.8 Å². The van der Waals surface area contributed by atoms with Crippen molar-refractivity contribution >= 4 is 11.6 Å². The number of likely N-dealkylation sites (tertiary alicyclic amines) is 1. The standard InChI is InChI=1S/C10H20ClNO/c11-6-3-1-2-4-7-12-8-5-10(13)9-12/h10,13H,1-9H2. The fourth-order valence-electron chi connectivity index (χ4n) is 1.80. The summed E-state index contributed by atoms with van der Waals surface area (Å²) in [6.07, 6.45) is 5.82. The van der Waals surface area contributed by atoms with E-state index in [4.69, 9.17) is 11.6 Å². The summed E-state index contributed by atoms with van der Waals surface area (Å²) in [6, 6.07) is 0. The maximum Gasteiger partial charge on any atom is 0.0679 e. The summed E-state index contributed by atoms with van der Waals surface area (Å²) >= 11 is 5.58. The molecule has 1 heterocycles. The molecule has 1 rings (SSSR count). The number of halogens is 1. The molecule has 13 heavy (non-hydrogen) atoms. The van der Waals surface area contributed by atoms with Gasteiger partial charge in [0.1, 0.15) is 0 Å². The van der Waals surface area contributed by atoms with E-state index in [-0.39, 0.29) is 6.10 Å². The third-order valence-electron chi connectivity index (χ3n) is 2.61. The number of rotatable bonds is 6. The zero-order valence-corrected chi connectivity index (χ0v) is 8.97. The molecule has 78 valence electrons. The van der Waals surface area contributed by atoms with Crippen LogP contribution in [0, 0.1) is 0 Å². The van der Waals surface area contributed by atoms with E-state index < -0.39 is 0 Å². The van der Waals surface area contributed by atoms with Crippen LogP contribution in [0.2, 0.25) is 0 Å². The molecule has 0 radical (unpaired) electrons. The summed E-state index contributed by atoms with van der Waals surface area (Å²) in [7, 11) is 0. The van der Waals surface area contributed by atoms with Crippen molar-refractivity contribution in [2.75, 3.05) is 25.5 Å². The van der Waals surface area contributed by atoms with Gasteiger partial charge in [-0.25, -0.2) is 0 Å². The highest BCUT2D eigenvalue weighted by Gasteiger charge is 2.18. The van der Waals surface area contributed by atoms with Crippen molar-refractivity contribution in [2.45, 2.75) is 38.2 Å². The quantitative estimate of drug-likeness (QED) is 0.529. The van der Waals surface area contributed by atoms with Crippen LogP contribution in [0.15, 0.2) is 0 Å². The molecular weight excluding hydrogens is 186 g/mol. The topological polar surface area (TPSA) is 23.5 Å². The number of hydrogen-bond donors (Lipinski definition) is 1. The number of alkyl halides is 1. The van der Waals surface area contributed by atoms with Crippen molar-refractivity contribution in [1.82, 2.24) is 4.90 Å². The SMILES string of the molecule is OC1CCN(CCCCCCCl)C1. The Morgan fingerprint density at radius 1 is 1.23 bits per heavy atom. The van der Waals surface area contributed by atoms with Crippen molar-refractivity contribution in [3.63, 3.8) is 0 Å². The van der Waals surface area contributed by atoms with E-state index in [0.717, 1.165) is 38.4 Å². The Morgan fingerprint density at radius 3 is 2.62 bits per heavy atom. The number of hydrogen-bond acceptors (Lipinski definition) is 2. The number of unbranched alkanes of at least 4 members (excludes halogenated alkanes) is 3. The predicted octanol–water partition coefficient (Wildman–Crippen LogP) is 1.85. The molecule has 1 saturated heterocycles. The molecule has 2 nitrogen and oxygen atoms in total. The summed E-state index contributed by atoms with van der Waals surface area (Å²) in [5.41, 5.74) is 0. The predicted molar refractivity (Wildman–Crippen MR) is 56.3 cm³/mol. The van der Waals surface area contributed by atoms with Gasteiger partial charge in [-0.15, -0.1) is 11.6 Å². The first-order valence-electron chi connectivity index (χ1n) is 5.29. The largest absolute Gasteiger partial charge is 0.392 e. The first-order valence-corrected chi connectivity index (χ1v) is 5.83. The molecule has 1 aliphatic rings.